The number of hydrogen-bond donors (Lipinski definition) is 0. The van der Waals surface area contributed by atoms with Crippen molar-refractivity contribution in [1.82, 2.24) is 9.78 Å². The molecule has 14 heavy (non-hydrogen) atoms. The minimum atomic E-state index is -0.538. The highest BCUT2D eigenvalue weighted by Gasteiger charge is 2.00. The van der Waals surface area contributed by atoms with E-state index in [9.17, 15) is 4.79 Å². The van der Waals surface area contributed by atoms with Crippen molar-refractivity contribution in [1.29, 1.82) is 0 Å². The summed E-state index contributed by atoms with van der Waals surface area (Å²) in [6.07, 6.45) is 0.855. The molecular formula is C10H12N2O2. The first-order chi connectivity index (χ1) is 6.67. The Kier molecular flexibility index (Phi) is 3.29. The number of carbonyl (C=O) groups is 1. The Labute approximate surface area is 82.9 Å². The van der Waals surface area contributed by atoms with Gasteiger partial charge in [0.1, 0.15) is 5.69 Å². The summed E-state index contributed by atoms with van der Waals surface area (Å²) in [6.45, 7) is 2.01. The maximum atomic E-state index is 10.7. The van der Waals surface area contributed by atoms with Crippen molar-refractivity contribution >= 4 is 5.97 Å². The van der Waals surface area contributed by atoms with Crippen LogP contribution in [-0.2, 0) is 23.0 Å². The molecule has 1 rings (SSSR count). The molecule has 0 aromatic carbocycles. The Balaban J connectivity index is 2.89. The third kappa shape index (κ3) is 2.36. The quantitative estimate of drug-likeness (QED) is 0.481. The van der Waals surface area contributed by atoms with Gasteiger partial charge in [0.25, 0.3) is 0 Å². The fourth-order valence-corrected chi connectivity index (χ4v) is 0.982. The van der Waals surface area contributed by atoms with Crippen molar-refractivity contribution in [3.63, 3.8) is 0 Å². The Morgan fingerprint density at radius 3 is 2.93 bits per heavy atom. The van der Waals surface area contributed by atoms with Gasteiger partial charge in [0, 0.05) is 13.0 Å². The standard InChI is InChI=1S/C10H12N2O2/c1-4-8-7-9(12(2)11-8)5-6-10(13)14-3/h7H,4H2,1-3H3. The van der Waals surface area contributed by atoms with Gasteiger partial charge in [0.05, 0.1) is 12.8 Å². The molecule has 1 aromatic heterocycles. The van der Waals surface area contributed by atoms with Crippen molar-refractivity contribution in [3.05, 3.63) is 17.5 Å². The largest absolute Gasteiger partial charge is 0.459 e. The molecule has 0 saturated carbocycles. The summed E-state index contributed by atoms with van der Waals surface area (Å²) in [5.74, 6) is 4.51. The summed E-state index contributed by atoms with van der Waals surface area (Å²) in [6, 6.07) is 1.86. The van der Waals surface area contributed by atoms with E-state index in [1.165, 1.54) is 7.11 Å². The summed E-state index contributed by atoms with van der Waals surface area (Å²) >= 11 is 0. The lowest BCUT2D eigenvalue weighted by atomic mass is 10.3. The van der Waals surface area contributed by atoms with Gasteiger partial charge in [-0.05, 0) is 18.4 Å². The lowest BCUT2D eigenvalue weighted by Crippen LogP contribution is -1.97. The van der Waals surface area contributed by atoms with E-state index in [0.29, 0.717) is 5.69 Å². The molecular weight excluding hydrogens is 180 g/mol. The van der Waals surface area contributed by atoms with Crippen LogP contribution < -0.4 is 0 Å². The van der Waals surface area contributed by atoms with Crippen LogP contribution in [-0.4, -0.2) is 22.9 Å². The zero-order chi connectivity index (χ0) is 10.6. The van der Waals surface area contributed by atoms with Crippen molar-refractivity contribution in [2.45, 2.75) is 13.3 Å². The number of rotatable bonds is 1. The van der Waals surface area contributed by atoms with Gasteiger partial charge in [-0.1, -0.05) is 6.92 Å². The molecule has 0 fully saturated rings. The molecule has 0 bridgehead atoms. The summed E-state index contributed by atoms with van der Waals surface area (Å²) in [5, 5.41) is 4.19. The van der Waals surface area contributed by atoms with Gasteiger partial charge in [-0.25, -0.2) is 4.79 Å². The second kappa shape index (κ2) is 4.47. The predicted molar refractivity (Wildman–Crippen MR) is 51.5 cm³/mol. The minimum absolute atomic E-state index is 0.538. The van der Waals surface area contributed by atoms with Crippen LogP contribution in [0.5, 0.6) is 0 Å². The van der Waals surface area contributed by atoms with Crippen LogP contribution in [0.15, 0.2) is 6.07 Å². The molecule has 0 aliphatic heterocycles. The molecule has 0 unspecified atom stereocenters. The third-order valence-electron chi connectivity index (χ3n) is 1.77. The molecule has 0 spiro atoms. The van der Waals surface area contributed by atoms with Crippen LogP contribution in [0.25, 0.3) is 0 Å². The molecule has 0 aliphatic carbocycles. The van der Waals surface area contributed by atoms with Gasteiger partial charge in [-0.15, -0.1) is 0 Å². The predicted octanol–water partition coefficient (Wildman–Crippen LogP) is 0.507. The minimum Gasteiger partial charge on any atom is -0.459 e. The van der Waals surface area contributed by atoms with Crippen LogP contribution in [0.4, 0.5) is 0 Å². The lowest BCUT2D eigenvalue weighted by molar-refractivity contribution is -0.133. The van der Waals surface area contributed by atoms with Gasteiger partial charge < -0.3 is 4.74 Å². The summed E-state index contributed by atoms with van der Waals surface area (Å²) in [5.41, 5.74) is 1.67. The van der Waals surface area contributed by atoms with Crippen LogP contribution in [0, 0.1) is 11.8 Å². The summed E-state index contributed by atoms with van der Waals surface area (Å²) in [7, 11) is 3.10. The Bertz CT molecular complexity index is 396. The van der Waals surface area contributed by atoms with Gasteiger partial charge in [0.15, 0.2) is 0 Å². The van der Waals surface area contributed by atoms with E-state index < -0.39 is 5.97 Å². The number of esters is 1. The van der Waals surface area contributed by atoms with Crippen LogP contribution in [0.1, 0.15) is 18.3 Å². The molecule has 0 aliphatic rings. The number of hydrogen-bond acceptors (Lipinski definition) is 3. The Morgan fingerprint density at radius 2 is 2.43 bits per heavy atom. The highest BCUT2D eigenvalue weighted by Crippen LogP contribution is 2.01. The first kappa shape index (κ1) is 10.3. The van der Waals surface area contributed by atoms with E-state index in [0.717, 1.165) is 12.1 Å². The smallest absolute Gasteiger partial charge is 0.384 e. The second-order valence-electron chi connectivity index (χ2n) is 2.74. The number of ether oxygens (including phenoxy) is 1. The van der Waals surface area contributed by atoms with E-state index in [1.54, 1.807) is 11.7 Å². The van der Waals surface area contributed by atoms with E-state index >= 15 is 0 Å². The van der Waals surface area contributed by atoms with Gasteiger partial charge in [-0.2, -0.15) is 5.10 Å². The number of aromatic nitrogens is 2. The SMILES string of the molecule is CCc1cc(C#CC(=O)OC)n(C)n1. The topological polar surface area (TPSA) is 44.1 Å². The first-order valence-corrected chi connectivity index (χ1v) is 4.30. The van der Waals surface area contributed by atoms with E-state index in [-0.39, 0.29) is 0 Å². The molecule has 4 nitrogen and oxygen atoms in total. The molecule has 0 amide bonds. The first-order valence-electron chi connectivity index (χ1n) is 4.30. The molecule has 0 saturated heterocycles. The van der Waals surface area contributed by atoms with Crippen LogP contribution in [0.2, 0.25) is 0 Å². The lowest BCUT2D eigenvalue weighted by Gasteiger charge is -1.89. The van der Waals surface area contributed by atoms with Gasteiger partial charge in [-0.3, -0.25) is 4.68 Å². The number of aryl methyl sites for hydroxylation is 2. The van der Waals surface area contributed by atoms with Gasteiger partial charge >= 0.3 is 5.97 Å². The Morgan fingerprint density at radius 1 is 1.71 bits per heavy atom. The number of methoxy groups -OCH3 is 1. The second-order valence-corrected chi connectivity index (χ2v) is 2.74. The maximum absolute atomic E-state index is 10.7. The fraction of sp³-hybridized carbons (Fsp3) is 0.400. The van der Waals surface area contributed by atoms with E-state index in [4.69, 9.17) is 0 Å². The van der Waals surface area contributed by atoms with Crippen molar-refractivity contribution in [2.75, 3.05) is 7.11 Å². The normalized spacial score (nSPS) is 9.07. The molecule has 1 aromatic rings. The van der Waals surface area contributed by atoms with E-state index in [1.807, 2.05) is 13.0 Å². The van der Waals surface area contributed by atoms with Crippen molar-refractivity contribution in [2.24, 2.45) is 7.05 Å². The monoisotopic (exact) mass is 192 g/mol. The zero-order valence-electron chi connectivity index (χ0n) is 8.50. The molecule has 74 valence electrons. The maximum Gasteiger partial charge on any atom is 0.384 e. The molecule has 0 radical (unpaired) electrons. The molecule has 4 heteroatoms. The van der Waals surface area contributed by atoms with Crippen LogP contribution >= 0.6 is 0 Å². The molecule has 0 atom stereocenters. The summed E-state index contributed by atoms with van der Waals surface area (Å²) < 4.78 is 6.05. The Hall–Kier alpha value is -1.76. The van der Waals surface area contributed by atoms with Crippen molar-refractivity contribution in [3.8, 4) is 11.8 Å². The molecule has 0 N–H and O–H groups in total. The average Bonchev–Trinajstić information content (AvgIpc) is 2.55. The zero-order valence-corrected chi connectivity index (χ0v) is 8.50. The van der Waals surface area contributed by atoms with Gasteiger partial charge in [0.2, 0.25) is 0 Å². The average molecular weight is 192 g/mol. The summed E-state index contributed by atoms with van der Waals surface area (Å²) in [4.78, 5) is 10.7. The molecule has 1 heterocycles. The number of nitrogens with zero attached hydrogens (tertiary/aromatic N) is 2. The van der Waals surface area contributed by atoms with E-state index in [2.05, 4.69) is 21.7 Å². The highest BCUT2D eigenvalue weighted by atomic mass is 16.5. The highest BCUT2D eigenvalue weighted by molar-refractivity contribution is 5.88. The fourth-order valence-electron chi connectivity index (χ4n) is 0.982. The van der Waals surface area contributed by atoms with Crippen LogP contribution in [0.3, 0.4) is 0 Å². The van der Waals surface area contributed by atoms with Crippen molar-refractivity contribution < 1.29 is 9.53 Å². The number of carbonyl (C=O) groups excluding carboxylic acids is 1. The third-order valence-corrected chi connectivity index (χ3v) is 1.77.